The first kappa shape index (κ1) is 37.8. The molecule has 4 rings (SSSR count). The van der Waals surface area contributed by atoms with Crippen LogP contribution in [0.1, 0.15) is 69.3 Å². The molecule has 48 heavy (non-hydrogen) atoms. The number of imidazole rings is 1. The van der Waals surface area contributed by atoms with E-state index in [1.807, 2.05) is 39.8 Å². The third-order valence-corrected chi connectivity index (χ3v) is 9.26. The minimum Gasteiger partial charge on any atom is -0.495 e. The number of nitrogens with zero attached hydrogens (tertiary/aromatic N) is 3. The summed E-state index contributed by atoms with van der Waals surface area (Å²) in [6, 6.07) is 9.08. The van der Waals surface area contributed by atoms with Gasteiger partial charge in [-0.05, 0) is 78.0 Å². The number of amides is 1. The van der Waals surface area contributed by atoms with Crippen molar-refractivity contribution in [3.05, 3.63) is 64.6 Å². The fourth-order valence-electron chi connectivity index (χ4n) is 5.83. The van der Waals surface area contributed by atoms with E-state index in [1.54, 1.807) is 22.8 Å². The Kier molecular flexibility index (Phi) is 12.6. The van der Waals surface area contributed by atoms with Crippen molar-refractivity contribution >= 4 is 38.9 Å². The van der Waals surface area contributed by atoms with Crippen LogP contribution in [-0.2, 0) is 19.6 Å². The molecule has 3 aromatic rings. The molecule has 15 heteroatoms. The summed E-state index contributed by atoms with van der Waals surface area (Å²) in [5.74, 6) is -2.32. The Hall–Kier alpha value is -4.63. The van der Waals surface area contributed by atoms with Gasteiger partial charge in [0.05, 0.1) is 24.8 Å². The van der Waals surface area contributed by atoms with Gasteiger partial charge < -0.3 is 29.9 Å². The van der Waals surface area contributed by atoms with Crippen LogP contribution in [0.2, 0.25) is 0 Å². The van der Waals surface area contributed by atoms with E-state index in [1.165, 1.54) is 25.3 Å². The van der Waals surface area contributed by atoms with Crippen molar-refractivity contribution in [2.75, 3.05) is 34.4 Å². The molecule has 0 radical (unpaired) electrons. The minimum atomic E-state index is -4.40. The Morgan fingerprint density at radius 2 is 1.62 bits per heavy atom. The highest BCUT2D eigenvalue weighted by atomic mass is 32.2. The minimum absolute atomic E-state index is 0.0190. The number of hydrogen-bond donors (Lipinski definition) is 3. The largest absolute Gasteiger partial charge is 0.495 e. The van der Waals surface area contributed by atoms with Crippen molar-refractivity contribution in [1.29, 1.82) is 0 Å². The molecule has 1 aliphatic carbocycles. The zero-order valence-electron chi connectivity index (χ0n) is 28.1. The molecule has 1 aliphatic rings. The average Bonchev–Trinajstić information content (AvgIpc) is 3.31. The van der Waals surface area contributed by atoms with E-state index in [2.05, 4.69) is 5.32 Å². The second-order valence-electron chi connectivity index (χ2n) is 12.2. The first-order valence-electron chi connectivity index (χ1n) is 15.5. The Bertz CT molecular complexity index is 1820. The maximum atomic E-state index is 14.1. The molecule has 0 spiro atoms. The molecule has 1 amide bonds. The van der Waals surface area contributed by atoms with Crippen LogP contribution in [0.15, 0.2) is 58.2 Å². The number of methoxy groups -OCH3 is 1. The summed E-state index contributed by atoms with van der Waals surface area (Å²) in [6.45, 7) is 6.75. The predicted octanol–water partition coefficient (Wildman–Crippen LogP) is 3.73. The van der Waals surface area contributed by atoms with Crippen molar-refractivity contribution in [2.45, 2.75) is 69.4 Å². The second kappa shape index (κ2) is 16.0. The second-order valence-corrected chi connectivity index (χ2v) is 14.0. The Labute approximate surface area is 279 Å². The molecule has 1 heterocycles. The van der Waals surface area contributed by atoms with Gasteiger partial charge in [-0.25, -0.2) is 22.8 Å². The van der Waals surface area contributed by atoms with Gasteiger partial charge in [0.25, 0.3) is 15.9 Å². The number of carboxylic acids is 2. The van der Waals surface area contributed by atoms with E-state index in [0.717, 1.165) is 36.1 Å². The smallest absolute Gasteiger partial charge is 0.343 e. The number of aliphatic carboxylic acids is 2. The Balaban J connectivity index is 0.000000694. The van der Waals surface area contributed by atoms with Crippen molar-refractivity contribution < 1.29 is 42.5 Å². The fraction of sp³-hybridized carbons (Fsp3) is 0.455. The van der Waals surface area contributed by atoms with Crippen LogP contribution < -0.4 is 20.5 Å². The van der Waals surface area contributed by atoms with E-state index in [9.17, 15) is 27.6 Å². The molecular weight excluding hydrogens is 644 g/mol. The van der Waals surface area contributed by atoms with Crippen molar-refractivity contribution in [2.24, 2.45) is 0 Å². The van der Waals surface area contributed by atoms with Crippen molar-refractivity contribution in [3.63, 3.8) is 0 Å². The van der Waals surface area contributed by atoms with Crippen LogP contribution in [0.25, 0.3) is 11.0 Å². The van der Waals surface area contributed by atoms with Gasteiger partial charge in [-0.15, -0.1) is 0 Å². The lowest BCUT2D eigenvalue weighted by Crippen LogP contribution is -2.50. The number of hydrogen-bond acceptors (Lipinski definition) is 9. The van der Waals surface area contributed by atoms with Gasteiger partial charge in [0, 0.05) is 41.9 Å². The Morgan fingerprint density at radius 1 is 1.00 bits per heavy atom. The van der Waals surface area contributed by atoms with E-state index in [4.69, 9.17) is 19.7 Å². The molecule has 2 aromatic carbocycles. The lowest BCUT2D eigenvalue weighted by atomic mass is 9.95. The summed E-state index contributed by atoms with van der Waals surface area (Å²) >= 11 is 0. The molecule has 3 N–H and O–H groups in total. The summed E-state index contributed by atoms with van der Waals surface area (Å²) < 4.78 is 41.8. The van der Waals surface area contributed by atoms with Crippen LogP contribution in [0.5, 0.6) is 11.5 Å². The Morgan fingerprint density at radius 3 is 2.17 bits per heavy atom. The molecule has 1 fully saturated rings. The number of rotatable bonds is 12. The van der Waals surface area contributed by atoms with Gasteiger partial charge in [0.1, 0.15) is 16.4 Å². The number of carboxylic acid groups (broad SMARTS) is 2. The third-order valence-electron chi connectivity index (χ3n) is 7.53. The molecule has 1 aromatic heterocycles. The highest BCUT2D eigenvalue weighted by Crippen LogP contribution is 2.34. The first-order chi connectivity index (χ1) is 22.5. The summed E-state index contributed by atoms with van der Waals surface area (Å²) in [5.41, 5.74) is -0.101. The molecule has 0 unspecified atom stereocenters. The lowest BCUT2D eigenvalue weighted by Gasteiger charge is -2.29. The predicted molar refractivity (Wildman–Crippen MR) is 180 cm³/mol. The van der Waals surface area contributed by atoms with Crippen molar-refractivity contribution in [1.82, 2.24) is 18.8 Å². The van der Waals surface area contributed by atoms with Gasteiger partial charge in [0.2, 0.25) is 0 Å². The zero-order valence-corrected chi connectivity index (χ0v) is 28.9. The molecule has 0 atom stereocenters. The highest BCUT2D eigenvalue weighted by Gasteiger charge is 2.32. The lowest BCUT2D eigenvalue weighted by molar-refractivity contribution is -0.134. The number of ether oxygens (including phenoxy) is 2. The van der Waals surface area contributed by atoms with E-state index in [-0.39, 0.29) is 33.7 Å². The van der Waals surface area contributed by atoms with Gasteiger partial charge in [-0.2, -0.15) is 3.97 Å². The number of carbonyl (C=O) groups is 3. The monoisotopic (exact) mass is 688 g/mol. The molecular formula is C33H44N4O10S. The normalized spacial score (nSPS) is 14.1. The summed E-state index contributed by atoms with van der Waals surface area (Å²) in [4.78, 5) is 47.8. The summed E-state index contributed by atoms with van der Waals surface area (Å²) in [5, 5.41) is 18.6. The van der Waals surface area contributed by atoms with E-state index >= 15 is 0 Å². The number of likely N-dealkylation sites (N-methyl/N-ethyl adjacent to an activating group) is 1. The molecule has 262 valence electrons. The number of nitrogens with one attached hydrogen (secondary N) is 1. The van der Waals surface area contributed by atoms with Crippen LogP contribution in [-0.4, -0.2) is 89.8 Å². The topological polar surface area (TPSA) is 186 Å². The number of carbonyl (C=O) groups excluding carboxylic acids is 1. The quantitative estimate of drug-likeness (QED) is 0.235. The van der Waals surface area contributed by atoms with Gasteiger partial charge in [-0.3, -0.25) is 9.36 Å². The molecule has 0 saturated heterocycles. The summed E-state index contributed by atoms with van der Waals surface area (Å²) in [7, 11) is 0.782. The fourth-order valence-corrected chi connectivity index (χ4v) is 7.37. The van der Waals surface area contributed by atoms with Crippen LogP contribution in [0, 0.1) is 0 Å². The molecule has 14 nitrogen and oxygen atoms in total. The highest BCUT2D eigenvalue weighted by molar-refractivity contribution is 7.90. The van der Waals surface area contributed by atoms with Gasteiger partial charge in [0.15, 0.2) is 0 Å². The van der Waals surface area contributed by atoms with Gasteiger partial charge >= 0.3 is 17.6 Å². The standard InChI is InChI=1S/C29H40N4O6S.C4H4O4/c1-7-39-22-14-15-23-24(18-22)32(21-11-9-8-10-12-21)28(35)33(23)40(36,37)26-16-13-20(17-25(26)38-6)27(34)30-29(2,3)19-31(4)5;5-3(6)1-2-4(7)8/h13-18,21H,7-12,19H2,1-6H3,(H,30,34);1-2H,(H,5,6)(H,7,8)/b;2-1+. The van der Waals surface area contributed by atoms with Crippen LogP contribution in [0.4, 0.5) is 0 Å². The number of aromatic nitrogens is 2. The first-order valence-corrected chi connectivity index (χ1v) is 16.9. The maximum Gasteiger partial charge on any atom is 0.343 e. The van der Waals surface area contributed by atoms with E-state index in [0.29, 0.717) is 36.6 Å². The average molecular weight is 689 g/mol. The van der Waals surface area contributed by atoms with Crippen LogP contribution >= 0.6 is 0 Å². The zero-order chi connectivity index (χ0) is 35.8. The maximum absolute atomic E-state index is 14.1. The molecule has 0 bridgehead atoms. The van der Waals surface area contributed by atoms with Gasteiger partial charge in [-0.1, -0.05) is 19.3 Å². The SMILES string of the molecule is CCOc1ccc2c(c1)n(C1CCCCC1)c(=O)n2S(=O)(=O)c1ccc(C(=O)NC(C)(C)CN(C)C)cc1OC.O=C(O)/C=C/C(=O)O. The molecule has 0 aliphatic heterocycles. The molecule has 1 saturated carbocycles. The van der Waals surface area contributed by atoms with E-state index < -0.39 is 33.2 Å². The number of fused-ring (bicyclic) bond motifs is 1. The third kappa shape index (κ3) is 9.25. The number of benzene rings is 2. The van der Waals surface area contributed by atoms with Crippen LogP contribution in [0.3, 0.4) is 0 Å². The summed E-state index contributed by atoms with van der Waals surface area (Å²) in [6.07, 6.45) is 5.76. The van der Waals surface area contributed by atoms with Crippen molar-refractivity contribution in [3.8, 4) is 11.5 Å².